The fourth-order valence-corrected chi connectivity index (χ4v) is 4.35. The molecule has 4 aromatic rings. The molecule has 6 nitrogen and oxygen atoms in total. The molecule has 3 heterocycles. The van der Waals surface area contributed by atoms with Crippen LogP contribution in [0.3, 0.4) is 0 Å². The second kappa shape index (κ2) is 8.71. The highest BCUT2D eigenvalue weighted by atomic mass is 19.1. The molecule has 2 N–H and O–H groups in total. The quantitative estimate of drug-likeness (QED) is 0.437. The van der Waals surface area contributed by atoms with Crippen LogP contribution in [0.15, 0.2) is 42.6 Å². The number of pyridine rings is 1. The van der Waals surface area contributed by atoms with E-state index in [-0.39, 0.29) is 12.3 Å². The molecule has 1 saturated heterocycles. The lowest BCUT2D eigenvalue weighted by atomic mass is 9.89. The first-order chi connectivity index (χ1) is 15.0. The summed E-state index contributed by atoms with van der Waals surface area (Å²) in [5.41, 5.74) is 5.35. The van der Waals surface area contributed by atoms with Gasteiger partial charge in [0.05, 0.1) is 17.2 Å². The fraction of sp³-hybridized carbons (Fsp3) is 0.292. The van der Waals surface area contributed by atoms with Crippen molar-refractivity contribution < 1.29 is 14.3 Å². The van der Waals surface area contributed by atoms with Gasteiger partial charge in [0.2, 0.25) is 0 Å². The first-order valence-electron chi connectivity index (χ1n) is 10.4. The summed E-state index contributed by atoms with van der Waals surface area (Å²) in [5.74, 6) is 1.15. The van der Waals surface area contributed by atoms with Gasteiger partial charge in [-0.1, -0.05) is 26.0 Å². The van der Waals surface area contributed by atoms with Crippen molar-refractivity contribution in [1.82, 2.24) is 15.2 Å². The lowest BCUT2D eigenvalue weighted by Crippen LogP contribution is -2.21. The molecule has 0 aliphatic carbocycles. The first kappa shape index (κ1) is 20.8. The summed E-state index contributed by atoms with van der Waals surface area (Å²) in [5, 5.41) is 16.3. The van der Waals surface area contributed by atoms with Gasteiger partial charge < -0.3 is 10.0 Å². The number of carbonyl (C=O) groups is 1. The van der Waals surface area contributed by atoms with E-state index in [1.807, 2.05) is 18.3 Å². The van der Waals surface area contributed by atoms with E-state index in [4.69, 9.17) is 14.9 Å². The lowest BCUT2D eigenvalue weighted by Gasteiger charge is -2.26. The number of H-pyrrole nitrogens is 1. The first-order valence-corrected chi connectivity index (χ1v) is 10.4. The molecule has 31 heavy (non-hydrogen) atoms. The fourth-order valence-electron chi connectivity index (χ4n) is 4.35. The summed E-state index contributed by atoms with van der Waals surface area (Å²) in [6, 6.07) is 11.1. The molecule has 1 aliphatic heterocycles. The summed E-state index contributed by atoms with van der Waals surface area (Å²) in [6.07, 6.45) is 4.23. The SMILES string of the molecule is CC(C)c1c(N2CCCC2)nc2cc3[nH]ncc3cc2c1-c1ccc(F)cc1.O=CO. The maximum Gasteiger partial charge on any atom is 0.290 e. The number of fused-ring (bicyclic) bond motifs is 2. The topological polar surface area (TPSA) is 82.1 Å². The second-order valence-corrected chi connectivity index (χ2v) is 8.01. The largest absolute Gasteiger partial charge is 0.483 e. The van der Waals surface area contributed by atoms with E-state index >= 15 is 0 Å². The summed E-state index contributed by atoms with van der Waals surface area (Å²) in [6.45, 7) is 6.25. The van der Waals surface area contributed by atoms with Crippen molar-refractivity contribution in [1.29, 1.82) is 0 Å². The zero-order chi connectivity index (χ0) is 22.0. The van der Waals surface area contributed by atoms with Crippen molar-refractivity contribution in [2.45, 2.75) is 32.6 Å². The van der Waals surface area contributed by atoms with Crippen LogP contribution in [-0.4, -0.2) is 39.8 Å². The number of aromatic nitrogens is 3. The zero-order valence-corrected chi connectivity index (χ0v) is 17.6. The molecule has 0 saturated carbocycles. The highest BCUT2D eigenvalue weighted by Crippen LogP contribution is 2.42. The van der Waals surface area contributed by atoms with Crippen molar-refractivity contribution in [3.8, 4) is 11.1 Å². The van der Waals surface area contributed by atoms with Crippen LogP contribution in [0.1, 0.15) is 38.2 Å². The minimum atomic E-state index is -0.250. The van der Waals surface area contributed by atoms with Crippen LogP contribution in [0.4, 0.5) is 10.2 Å². The Hall–Kier alpha value is -3.48. The minimum Gasteiger partial charge on any atom is -0.483 e. The molecular weight excluding hydrogens is 395 g/mol. The van der Waals surface area contributed by atoms with E-state index in [0.29, 0.717) is 5.92 Å². The number of hydrogen-bond acceptors (Lipinski definition) is 4. The Labute approximate surface area is 179 Å². The summed E-state index contributed by atoms with van der Waals surface area (Å²) < 4.78 is 13.6. The van der Waals surface area contributed by atoms with Gasteiger partial charge in [0.25, 0.3) is 6.47 Å². The molecule has 1 fully saturated rings. The molecule has 0 unspecified atom stereocenters. The van der Waals surface area contributed by atoms with Gasteiger partial charge in [0.15, 0.2) is 0 Å². The molecule has 5 rings (SSSR count). The average molecular weight is 420 g/mol. The van der Waals surface area contributed by atoms with Gasteiger partial charge in [-0.2, -0.15) is 5.10 Å². The molecular formula is C24H25FN4O2. The Kier molecular flexibility index (Phi) is 5.84. The Balaban J connectivity index is 0.000000730. The molecule has 0 amide bonds. The molecule has 0 atom stereocenters. The minimum absolute atomic E-state index is 0.217. The third kappa shape index (κ3) is 3.95. The van der Waals surface area contributed by atoms with E-state index in [1.165, 1.54) is 30.5 Å². The zero-order valence-electron chi connectivity index (χ0n) is 17.6. The molecule has 0 spiro atoms. The number of nitrogens with zero attached hydrogens (tertiary/aromatic N) is 3. The van der Waals surface area contributed by atoms with Crippen molar-refractivity contribution in [2.75, 3.05) is 18.0 Å². The van der Waals surface area contributed by atoms with Crippen molar-refractivity contribution in [3.05, 3.63) is 54.0 Å². The van der Waals surface area contributed by atoms with Gasteiger partial charge in [-0.05, 0) is 54.2 Å². The van der Waals surface area contributed by atoms with E-state index in [2.05, 4.69) is 41.1 Å². The number of carboxylic acid groups (broad SMARTS) is 1. The van der Waals surface area contributed by atoms with E-state index in [9.17, 15) is 4.39 Å². The lowest BCUT2D eigenvalue weighted by molar-refractivity contribution is -0.122. The third-order valence-electron chi connectivity index (χ3n) is 5.68. The Bertz CT molecular complexity index is 1210. The summed E-state index contributed by atoms with van der Waals surface area (Å²) >= 11 is 0. The summed E-state index contributed by atoms with van der Waals surface area (Å²) in [4.78, 5) is 15.9. The molecule has 0 bridgehead atoms. The van der Waals surface area contributed by atoms with Crippen LogP contribution in [0.2, 0.25) is 0 Å². The molecule has 1 aliphatic rings. The third-order valence-corrected chi connectivity index (χ3v) is 5.68. The number of benzene rings is 2. The second-order valence-electron chi connectivity index (χ2n) is 8.01. The normalized spacial score (nSPS) is 13.6. The monoisotopic (exact) mass is 420 g/mol. The highest BCUT2D eigenvalue weighted by molar-refractivity contribution is 6.04. The molecule has 2 aromatic heterocycles. The number of hydrogen-bond donors (Lipinski definition) is 2. The van der Waals surface area contributed by atoms with Crippen LogP contribution >= 0.6 is 0 Å². The standard InChI is InChI=1S/C23H23FN4.CH2O2/c1-14(2)21-22(15-5-7-17(24)8-6-15)18-11-16-13-25-27-19(16)12-20(18)26-23(21)28-9-3-4-10-28;2-1-3/h5-8,11-14H,3-4,9-10H2,1-2H3,(H,25,27);1H,(H,2,3). The summed E-state index contributed by atoms with van der Waals surface area (Å²) in [7, 11) is 0. The maximum atomic E-state index is 13.6. The van der Waals surface area contributed by atoms with Gasteiger partial charge in [0, 0.05) is 29.4 Å². The Morgan fingerprint density at radius 2 is 1.84 bits per heavy atom. The number of anilines is 1. The number of rotatable bonds is 3. The van der Waals surface area contributed by atoms with Crippen LogP contribution in [0, 0.1) is 5.82 Å². The van der Waals surface area contributed by atoms with Crippen LogP contribution in [-0.2, 0) is 4.79 Å². The van der Waals surface area contributed by atoms with Gasteiger partial charge in [-0.3, -0.25) is 9.89 Å². The number of halogens is 1. The van der Waals surface area contributed by atoms with Gasteiger partial charge in [-0.25, -0.2) is 9.37 Å². The van der Waals surface area contributed by atoms with Crippen LogP contribution in [0.25, 0.3) is 32.9 Å². The van der Waals surface area contributed by atoms with Crippen LogP contribution < -0.4 is 4.90 Å². The predicted molar refractivity (Wildman–Crippen MR) is 121 cm³/mol. The molecule has 0 radical (unpaired) electrons. The average Bonchev–Trinajstić information content (AvgIpc) is 3.44. The van der Waals surface area contributed by atoms with Crippen molar-refractivity contribution in [2.24, 2.45) is 0 Å². The highest BCUT2D eigenvalue weighted by Gasteiger charge is 2.25. The van der Waals surface area contributed by atoms with Crippen LogP contribution in [0.5, 0.6) is 0 Å². The smallest absolute Gasteiger partial charge is 0.290 e. The van der Waals surface area contributed by atoms with Gasteiger partial charge in [0.1, 0.15) is 11.6 Å². The van der Waals surface area contributed by atoms with E-state index in [0.717, 1.165) is 51.8 Å². The van der Waals surface area contributed by atoms with Crippen molar-refractivity contribution in [3.63, 3.8) is 0 Å². The molecule has 7 heteroatoms. The molecule has 160 valence electrons. The Morgan fingerprint density at radius 3 is 2.48 bits per heavy atom. The number of aromatic amines is 1. The molecule has 2 aromatic carbocycles. The van der Waals surface area contributed by atoms with Gasteiger partial charge in [-0.15, -0.1) is 0 Å². The number of nitrogens with one attached hydrogen (secondary N) is 1. The van der Waals surface area contributed by atoms with Gasteiger partial charge >= 0.3 is 0 Å². The van der Waals surface area contributed by atoms with Crippen molar-refractivity contribution >= 4 is 34.1 Å². The predicted octanol–water partition coefficient (Wildman–Crippen LogP) is 5.34. The van der Waals surface area contributed by atoms with E-state index < -0.39 is 0 Å². The van der Waals surface area contributed by atoms with E-state index in [1.54, 1.807) is 0 Å². The Morgan fingerprint density at radius 1 is 1.16 bits per heavy atom. The maximum absolute atomic E-state index is 13.6.